The summed E-state index contributed by atoms with van der Waals surface area (Å²) in [6.07, 6.45) is 6.55. The first kappa shape index (κ1) is 10.4. The highest BCUT2D eigenvalue weighted by Crippen LogP contribution is 2.37. The predicted octanol–water partition coefficient (Wildman–Crippen LogP) is 0.147. The number of hydrogen-bond donors (Lipinski definition) is 1. The molecule has 1 N–H and O–H groups in total. The van der Waals surface area contributed by atoms with Crippen LogP contribution in [0.4, 0.5) is 0 Å². The van der Waals surface area contributed by atoms with E-state index in [1.165, 1.54) is 7.41 Å². The normalized spacial score (nSPS) is 34.8. The van der Waals surface area contributed by atoms with Gasteiger partial charge in [0, 0.05) is 0 Å². The molecule has 0 aromatic carbocycles. The molecule has 1 heterocycles. The van der Waals surface area contributed by atoms with E-state index in [9.17, 15) is 9.59 Å². The van der Waals surface area contributed by atoms with E-state index < -0.39 is 12.0 Å². The van der Waals surface area contributed by atoms with Gasteiger partial charge < -0.3 is 14.7 Å². The van der Waals surface area contributed by atoms with Crippen molar-refractivity contribution in [1.29, 1.82) is 0 Å². The zero-order valence-electron chi connectivity index (χ0n) is 8.37. The number of rotatable bonds is 3. The molecule has 0 bridgehead atoms. The molecule has 15 heavy (non-hydrogen) atoms. The average Bonchev–Trinajstić information content (AvgIpc) is 2.56. The van der Waals surface area contributed by atoms with Crippen molar-refractivity contribution in [2.24, 2.45) is 11.8 Å². The van der Waals surface area contributed by atoms with Crippen molar-refractivity contribution in [3.8, 4) is 0 Å². The Kier molecular flexibility index (Phi) is 2.91. The number of carbonyl (C=O) groups excluding carboxylic acids is 1. The van der Waals surface area contributed by atoms with Gasteiger partial charge in [0.2, 0.25) is 0 Å². The Morgan fingerprint density at radius 1 is 1.47 bits per heavy atom. The van der Waals surface area contributed by atoms with Gasteiger partial charge in [-0.15, -0.1) is 0 Å². The van der Waals surface area contributed by atoms with E-state index in [1.807, 2.05) is 6.08 Å². The van der Waals surface area contributed by atoms with Crippen LogP contribution in [0.15, 0.2) is 12.2 Å². The molecule has 1 aliphatic carbocycles. The van der Waals surface area contributed by atoms with Crippen LogP contribution in [0, 0.1) is 11.8 Å². The summed E-state index contributed by atoms with van der Waals surface area (Å²) in [7, 11) is 1.36. The van der Waals surface area contributed by atoms with Gasteiger partial charge in [-0.25, -0.2) is 0 Å². The number of carboxylic acids is 1. The van der Waals surface area contributed by atoms with Crippen LogP contribution in [0.5, 0.6) is 0 Å². The number of hydrogen-bond acceptors (Lipinski definition) is 3. The van der Waals surface area contributed by atoms with Gasteiger partial charge in [-0.05, 0) is 31.2 Å². The highest BCUT2D eigenvalue weighted by Gasteiger charge is 2.44. The molecular weight excluding hydrogens is 193 g/mol. The van der Waals surface area contributed by atoms with Crippen LogP contribution in [-0.2, 0) is 9.59 Å². The van der Waals surface area contributed by atoms with E-state index in [0.717, 1.165) is 12.8 Å². The summed E-state index contributed by atoms with van der Waals surface area (Å²) in [5.74, 6) is -0.285. The van der Waals surface area contributed by atoms with Gasteiger partial charge in [-0.2, -0.15) is 0 Å². The van der Waals surface area contributed by atoms with Crippen molar-refractivity contribution in [2.45, 2.75) is 18.9 Å². The van der Waals surface area contributed by atoms with E-state index in [0.29, 0.717) is 18.6 Å². The minimum absolute atomic E-state index is 0.156. The SMILES string of the molecule is O=C[B]N1CC2CC=CCC2[C@H]1C(=O)O. The first-order chi connectivity index (χ1) is 7.24. The molecule has 2 aliphatic rings. The highest BCUT2D eigenvalue weighted by atomic mass is 16.4. The molecule has 0 aromatic rings. The summed E-state index contributed by atoms with van der Waals surface area (Å²) in [4.78, 5) is 23.2. The van der Waals surface area contributed by atoms with Crippen molar-refractivity contribution >= 4 is 19.6 Å². The van der Waals surface area contributed by atoms with Gasteiger partial charge in [0.05, 0.1) is 6.19 Å². The Balaban J connectivity index is 2.16. The fourth-order valence-electron chi connectivity index (χ4n) is 2.68. The van der Waals surface area contributed by atoms with E-state index in [4.69, 9.17) is 5.11 Å². The topological polar surface area (TPSA) is 57.6 Å². The third-order valence-corrected chi connectivity index (χ3v) is 3.33. The Hall–Kier alpha value is -1.10. The third kappa shape index (κ3) is 1.84. The van der Waals surface area contributed by atoms with Crippen LogP contribution < -0.4 is 0 Å². The number of allylic oxidation sites excluding steroid dienone is 2. The van der Waals surface area contributed by atoms with Gasteiger partial charge >= 0.3 is 5.97 Å². The molecule has 0 aromatic heterocycles. The molecule has 0 spiro atoms. The predicted molar refractivity (Wildman–Crippen MR) is 56.0 cm³/mol. The Bertz CT molecular complexity index is 305. The molecule has 1 fully saturated rings. The van der Waals surface area contributed by atoms with Gasteiger partial charge in [0.25, 0.3) is 7.41 Å². The summed E-state index contributed by atoms with van der Waals surface area (Å²) in [6.45, 7) is 0.685. The monoisotopic (exact) mass is 206 g/mol. The lowest BCUT2D eigenvalue weighted by Crippen LogP contribution is -2.42. The lowest BCUT2D eigenvalue weighted by molar-refractivity contribution is -0.142. The highest BCUT2D eigenvalue weighted by molar-refractivity contribution is 6.64. The summed E-state index contributed by atoms with van der Waals surface area (Å²) < 4.78 is 0. The summed E-state index contributed by atoms with van der Waals surface area (Å²) in [5, 5.41) is 9.15. The molecule has 4 nitrogen and oxygen atoms in total. The van der Waals surface area contributed by atoms with Crippen molar-refractivity contribution in [3.63, 3.8) is 0 Å². The summed E-state index contributed by atoms with van der Waals surface area (Å²) in [6, 6.07) is -0.523. The van der Waals surface area contributed by atoms with Gasteiger partial charge in [0.15, 0.2) is 0 Å². The van der Waals surface area contributed by atoms with Crippen LogP contribution in [-0.4, -0.2) is 42.1 Å². The largest absolute Gasteiger partial charge is 0.480 e. The lowest BCUT2D eigenvalue weighted by Gasteiger charge is -2.24. The fourth-order valence-corrected chi connectivity index (χ4v) is 2.68. The van der Waals surface area contributed by atoms with E-state index in [-0.39, 0.29) is 5.92 Å². The second-order valence-electron chi connectivity index (χ2n) is 4.13. The van der Waals surface area contributed by atoms with E-state index in [2.05, 4.69) is 6.08 Å². The smallest absolute Gasteiger partial charge is 0.320 e. The maximum atomic E-state index is 11.1. The first-order valence-electron chi connectivity index (χ1n) is 5.16. The van der Waals surface area contributed by atoms with Crippen LogP contribution in [0.1, 0.15) is 12.8 Å². The zero-order valence-corrected chi connectivity index (χ0v) is 8.37. The van der Waals surface area contributed by atoms with Crippen molar-refractivity contribution in [3.05, 3.63) is 12.2 Å². The minimum atomic E-state index is -0.823. The molecule has 5 heteroatoms. The Morgan fingerprint density at radius 3 is 2.87 bits per heavy atom. The van der Waals surface area contributed by atoms with Crippen LogP contribution in [0.2, 0.25) is 0 Å². The molecule has 2 unspecified atom stereocenters. The molecule has 3 atom stereocenters. The average molecular weight is 206 g/mol. The number of carbonyl (C=O) groups is 2. The Morgan fingerprint density at radius 2 is 2.20 bits per heavy atom. The molecule has 0 saturated carbocycles. The Labute approximate surface area is 89.2 Å². The maximum Gasteiger partial charge on any atom is 0.320 e. The van der Waals surface area contributed by atoms with Crippen LogP contribution in [0.3, 0.4) is 0 Å². The lowest BCUT2D eigenvalue weighted by atomic mass is 9.82. The number of aliphatic carboxylic acids is 1. The van der Waals surface area contributed by atoms with Crippen molar-refractivity contribution in [2.75, 3.05) is 6.54 Å². The maximum absolute atomic E-state index is 11.1. The van der Waals surface area contributed by atoms with Crippen molar-refractivity contribution < 1.29 is 14.7 Å². The third-order valence-electron chi connectivity index (χ3n) is 3.33. The minimum Gasteiger partial charge on any atom is -0.480 e. The van der Waals surface area contributed by atoms with Crippen LogP contribution >= 0.6 is 0 Å². The van der Waals surface area contributed by atoms with Gasteiger partial charge in [-0.3, -0.25) is 4.79 Å². The zero-order chi connectivity index (χ0) is 10.8. The van der Waals surface area contributed by atoms with E-state index >= 15 is 0 Å². The molecule has 1 saturated heterocycles. The second-order valence-corrected chi connectivity index (χ2v) is 4.13. The quantitative estimate of drug-likeness (QED) is 0.405. The molecule has 1 aliphatic heterocycles. The first-order valence-corrected chi connectivity index (χ1v) is 5.16. The van der Waals surface area contributed by atoms with E-state index in [1.54, 1.807) is 4.81 Å². The number of nitrogens with zero attached hydrogens (tertiary/aromatic N) is 1. The molecule has 0 amide bonds. The standard InChI is InChI=1S/C10H13BNO3/c13-6-11-12-5-7-3-1-2-4-8(7)9(12)10(14)15/h1-2,6-9H,3-5H2,(H,14,15)/t7?,8?,9-/m0/s1. The number of fused-ring (bicyclic) bond motifs is 1. The van der Waals surface area contributed by atoms with Crippen molar-refractivity contribution in [1.82, 2.24) is 4.81 Å². The molecule has 2 rings (SSSR count). The second kappa shape index (κ2) is 4.19. The van der Waals surface area contributed by atoms with Crippen LogP contribution in [0.25, 0.3) is 0 Å². The van der Waals surface area contributed by atoms with Gasteiger partial charge in [-0.1, -0.05) is 12.2 Å². The molecule has 1 radical (unpaired) electrons. The van der Waals surface area contributed by atoms with Gasteiger partial charge in [0.1, 0.15) is 6.04 Å². The molecule has 79 valence electrons. The summed E-state index contributed by atoms with van der Waals surface area (Å²) >= 11 is 0. The fraction of sp³-hybridized carbons (Fsp3) is 0.600. The summed E-state index contributed by atoms with van der Waals surface area (Å²) in [5.41, 5.74) is 0. The molecular formula is C10H13BNO3. The number of carboxylic acid groups (broad SMARTS) is 1.